The Morgan fingerprint density at radius 1 is 1.33 bits per heavy atom. The highest BCUT2D eigenvalue weighted by molar-refractivity contribution is 5.78. The average molecular weight is 255 g/mol. The fourth-order valence-corrected chi connectivity index (χ4v) is 2.83. The Bertz CT molecular complexity index is 267. The number of hydrogen-bond acceptors (Lipinski definition) is 4. The second kappa shape index (κ2) is 7.07. The first-order valence-corrected chi connectivity index (χ1v) is 7.02. The lowest BCUT2D eigenvalue weighted by molar-refractivity contribution is -0.123. The number of carbonyl (C=O) groups excluding carboxylic acids is 1. The Morgan fingerprint density at radius 2 is 2.11 bits per heavy atom. The maximum atomic E-state index is 11.9. The van der Waals surface area contributed by atoms with Crippen LogP contribution in [0.5, 0.6) is 0 Å². The van der Waals surface area contributed by atoms with Crippen LogP contribution in [0.2, 0.25) is 0 Å². The van der Waals surface area contributed by atoms with Gasteiger partial charge in [0, 0.05) is 25.8 Å². The van der Waals surface area contributed by atoms with Crippen LogP contribution in [0.25, 0.3) is 0 Å². The molecule has 0 aromatic heterocycles. The van der Waals surface area contributed by atoms with E-state index < -0.39 is 0 Å². The van der Waals surface area contributed by atoms with Gasteiger partial charge in [-0.1, -0.05) is 0 Å². The maximum absolute atomic E-state index is 11.9. The molecular weight excluding hydrogens is 230 g/mol. The molecular formula is C13H25N3O2. The normalized spacial score (nSPS) is 26.4. The molecule has 1 atom stereocenters. The zero-order chi connectivity index (χ0) is 12.8. The second-order valence-corrected chi connectivity index (χ2v) is 5.40. The summed E-state index contributed by atoms with van der Waals surface area (Å²) in [5, 5.41) is 6.32. The molecule has 1 amide bonds. The number of hydrogen-bond donors (Lipinski definition) is 2. The highest BCUT2D eigenvalue weighted by atomic mass is 16.5. The smallest absolute Gasteiger partial charge is 0.234 e. The number of nitrogens with one attached hydrogen (secondary N) is 2. The van der Waals surface area contributed by atoms with Crippen LogP contribution >= 0.6 is 0 Å². The predicted molar refractivity (Wildman–Crippen MR) is 70.5 cm³/mol. The molecule has 2 N–H and O–H groups in total. The van der Waals surface area contributed by atoms with Crippen LogP contribution in [0, 0.1) is 5.92 Å². The van der Waals surface area contributed by atoms with Crippen molar-refractivity contribution in [2.24, 2.45) is 5.92 Å². The van der Waals surface area contributed by atoms with Gasteiger partial charge >= 0.3 is 0 Å². The fraction of sp³-hybridized carbons (Fsp3) is 0.923. The minimum absolute atomic E-state index is 0.173. The summed E-state index contributed by atoms with van der Waals surface area (Å²) >= 11 is 0. The van der Waals surface area contributed by atoms with Crippen LogP contribution < -0.4 is 10.6 Å². The molecule has 0 spiro atoms. The minimum atomic E-state index is 0.173. The number of likely N-dealkylation sites (tertiary alicyclic amines) is 1. The summed E-state index contributed by atoms with van der Waals surface area (Å²) in [6.45, 7) is 5.25. The van der Waals surface area contributed by atoms with Crippen molar-refractivity contribution < 1.29 is 9.53 Å². The van der Waals surface area contributed by atoms with Crippen molar-refractivity contribution in [1.29, 1.82) is 0 Å². The lowest BCUT2D eigenvalue weighted by atomic mass is 10.1. The summed E-state index contributed by atoms with van der Waals surface area (Å²) in [5.41, 5.74) is 0. The molecule has 0 aliphatic carbocycles. The molecule has 2 fully saturated rings. The highest BCUT2D eigenvalue weighted by Crippen LogP contribution is 2.14. The van der Waals surface area contributed by atoms with Crippen molar-refractivity contribution >= 4 is 5.91 Å². The van der Waals surface area contributed by atoms with E-state index in [4.69, 9.17) is 4.74 Å². The van der Waals surface area contributed by atoms with Gasteiger partial charge in [0.1, 0.15) is 0 Å². The number of carbonyl (C=O) groups is 1. The molecule has 0 bridgehead atoms. The zero-order valence-electron chi connectivity index (χ0n) is 11.3. The number of nitrogens with zero attached hydrogens (tertiary/aromatic N) is 1. The van der Waals surface area contributed by atoms with Crippen LogP contribution in [0.4, 0.5) is 0 Å². The van der Waals surface area contributed by atoms with E-state index in [9.17, 15) is 4.79 Å². The Balaban J connectivity index is 1.65. The first kappa shape index (κ1) is 13.8. The van der Waals surface area contributed by atoms with Crippen molar-refractivity contribution in [2.75, 3.05) is 46.4 Å². The average Bonchev–Trinajstić information content (AvgIpc) is 2.78. The van der Waals surface area contributed by atoms with E-state index in [0.29, 0.717) is 18.5 Å². The minimum Gasteiger partial charge on any atom is -0.381 e. The second-order valence-electron chi connectivity index (χ2n) is 5.40. The van der Waals surface area contributed by atoms with Crippen molar-refractivity contribution in [3.05, 3.63) is 0 Å². The van der Waals surface area contributed by atoms with Gasteiger partial charge in [0.25, 0.3) is 0 Å². The van der Waals surface area contributed by atoms with Crippen LogP contribution in [-0.2, 0) is 9.53 Å². The third-order valence-electron chi connectivity index (χ3n) is 3.82. The fourth-order valence-electron chi connectivity index (χ4n) is 2.83. The van der Waals surface area contributed by atoms with Crippen LogP contribution in [0.1, 0.15) is 19.3 Å². The lowest BCUT2D eigenvalue weighted by Crippen LogP contribution is -2.43. The molecule has 2 heterocycles. The van der Waals surface area contributed by atoms with Gasteiger partial charge in [0.15, 0.2) is 0 Å². The summed E-state index contributed by atoms with van der Waals surface area (Å²) in [7, 11) is 1.99. The molecule has 2 aliphatic rings. The molecule has 0 radical (unpaired) electrons. The summed E-state index contributed by atoms with van der Waals surface area (Å²) in [4.78, 5) is 14.2. The number of ether oxygens (including phenoxy) is 1. The predicted octanol–water partition coefficient (Wildman–Crippen LogP) is -0.177. The number of amides is 1. The van der Waals surface area contributed by atoms with Gasteiger partial charge in [0.2, 0.25) is 5.91 Å². The zero-order valence-corrected chi connectivity index (χ0v) is 11.3. The number of rotatable bonds is 5. The first-order valence-electron chi connectivity index (χ1n) is 7.02. The molecule has 2 rings (SSSR count). The molecule has 0 saturated carbocycles. The van der Waals surface area contributed by atoms with Crippen molar-refractivity contribution in [3.63, 3.8) is 0 Å². The van der Waals surface area contributed by atoms with Gasteiger partial charge < -0.3 is 15.4 Å². The van der Waals surface area contributed by atoms with E-state index in [1.165, 1.54) is 6.42 Å². The van der Waals surface area contributed by atoms with E-state index >= 15 is 0 Å². The standard InChI is InChI=1S/C13H25N3O2/c1-14-8-11-2-5-16(9-11)10-13(17)15-12-3-6-18-7-4-12/h11-12,14H,2-10H2,1H3,(H,15,17). The van der Waals surface area contributed by atoms with Gasteiger partial charge in [-0.15, -0.1) is 0 Å². The third-order valence-corrected chi connectivity index (χ3v) is 3.82. The molecule has 5 nitrogen and oxygen atoms in total. The van der Waals surface area contributed by atoms with Crippen molar-refractivity contribution in [2.45, 2.75) is 25.3 Å². The van der Waals surface area contributed by atoms with E-state index in [-0.39, 0.29) is 5.91 Å². The SMILES string of the molecule is CNCC1CCN(CC(=O)NC2CCOCC2)C1. The largest absolute Gasteiger partial charge is 0.381 e. The summed E-state index contributed by atoms with van der Waals surface area (Å²) in [6, 6.07) is 0.321. The van der Waals surface area contributed by atoms with Gasteiger partial charge in [-0.25, -0.2) is 0 Å². The van der Waals surface area contributed by atoms with E-state index in [1.54, 1.807) is 0 Å². The van der Waals surface area contributed by atoms with Crippen LogP contribution in [-0.4, -0.2) is 63.3 Å². The Hall–Kier alpha value is -0.650. The molecule has 18 heavy (non-hydrogen) atoms. The van der Waals surface area contributed by atoms with Gasteiger partial charge in [-0.3, -0.25) is 9.69 Å². The summed E-state index contributed by atoms with van der Waals surface area (Å²) in [5.74, 6) is 0.873. The van der Waals surface area contributed by atoms with Crippen LogP contribution in [0.15, 0.2) is 0 Å². The van der Waals surface area contributed by atoms with Gasteiger partial charge in [-0.05, 0) is 45.3 Å². The van der Waals surface area contributed by atoms with E-state index in [1.807, 2.05) is 7.05 Å². The van der Waals surface area contributed by atoms with Crippen molar-refractivity contribution in [1.82, 2.24) is 15.5 Å². The quantitative estimate of drug-likeness (QED) is 0.716. The topological polar surface area (TPSA) is 53.6 Å². The summed E-state index contributed by atoms with van der Waals surface area (Å²) in [6.07, 6.45) is 3.10. The van der Waals surface area contributed by atoms with Crippen LogP contribution in [0.3, 0.4) is 0 Å². The molecule has 0 aromatic carbocycles. The third kappa shape index (κ3) is 4.23. The molecule has 104 valence electrons. The molecule has 5 heteroatoms. The molecule has 1 unspecified atom stereocenters. The molecule has 2 saturated heterocycles. The molecule has 2 aliphatic heterocycles. The first-order chi connectivity index (χ1) is 8.78. The maximum Gasteiger partial charge on any atom is 0.234 e. The lowest BCUT2D eigenvalue weighted by Gasteiger charge is -2.24. The van der Waals surface area contributed by atoms with Gasteiger partial charge in [0.05, 0.1) is 6.54 Å². The van der Waals surface area contributed by atoms with E-state index in [2.05, 4.69) is 15.5 Å². The molecule has 0 aromatic rings. The monoisotopic (exact) mass is 255 g/mol. The summed E-state index contributed by atoms with van der Waals surface area (Å²) < 4.78 is 5.29. The Labute approximate surface area is 109 Å². The van der Waals surface area contributed by atoms with Crippen molar-refractivity contribution in [3.8, 4) is 0 Å². The van der Waals surface area contributed by atoms with Gasteiger partial charge in [-0.2, -0.15) is 0 Å². The Morgan fingerprint density at radius 3 is 2.83 bits per heavy atom. The Kier molecular flexibility index (Phi) is 5.41. The van der Waals surface area contributed by atoms with E-state index in [0.717, 1.165) is 45.7 Å². The highest BCUT2D eigenvalue weighted by Gasteiger charge is 2.24.